The lowest BCUT2D eigenvalue weighted by molar-refractivity contribution is 0.0719. The van der Waals surface area contributed by atoms with Crippen molar-refractivity contribution in [1.82, 2.24) is 33.9 Å². The number of rotatable bonds is 7. The predicted octanol–water partition coefficient (Wildman–Crippen LogP) is 0.307. The number of nitrogens with one attached hydrogen (secondary N) is 2. The van der Waals surface area contributed by atoms with Crippen molar-refractivity contribution in [2.75, 3.05) is 26.7 Å². The molecule has 3 N–H and O–H groups in total. The van der Waals surface area contributed by atoms with Crippen molar-refractivity contribution in [2.45, 2.75) is 18.4 Å². The van der Waals surface area contributed by atoms with E-state index >= 15 is 0 Å². The molecule has 3 heterocycles. The summed E-state index contributed by atoms with van der Waals surface area (Å²) in [6.45, 7) is -0.231. The fraction of sp³-hybridized carbons (Fsp3) is 0.364. The van der Waals surface area contributed by atoms with Crippen LogP contribution in [0.25, 0.3) is 16.9 Å². The molecule has 1 aliphatic rings. The zero-order valence-electron chi connectivity index (χ0n) is 19.7. The minimum absolute atomic E-state index is 0.0936. The number of aliphatic hydroxyl groups excluding tert-OH is 1. The Balaban J connectivity index is 1.70. The molecule has 0 unspecified atom stereocenters. The Morgan fingerprint density at radius 3 is 2.44 bits per heavy atom. The van der Waals surface area contributed by atoms with Gasteiger partial charge in [-0.25, -0.2) is 4.72 Å². The molecule has 2 aromatic heterocycles. The van der Waals surface area contributed by atoms with E-state index in [4.69, 9.17) is 11.6 Å². The molecule has 36 heavy (non-hydrogen) atoms. The molecule has 192 valence electrons. The lowest BCUT2D eigenvalue weighted by Crippen LogP contribution is -2.59. The van der Waals surface area contributed by atoms with Crippen LogP contribution in [0.2, 0.25) is 5.02 Å². The average Bonchev–Trinajstić information content (AvgIpc) is 3.31. The average molecular weight is 536 g/mol. The normalized spacial score (nSPS) is 16.1. The SMILES string of the molecule is CNS(=O)(=O)N1CCC(CO)(NC(=O)c2cc(-c3ccc(Cl)cc3)nn(-c3cnn(C)c3)c2=O)CC1. The fourth-order valence-corrected chi connectivity index (χ4v) is 5.07. The van der Waals surface area contributed by atoms with Crippen LogP contribution in [-0.4, -0.2) is 75.6 Å². The summed E-state index contributed by atoms with van der Waals surface area (Å²) in [7, 11) is -0.620. The molecule has 12 nitrogen and oxygen atoms in total. The van der Waals surface area contributed by atoms with Crippen molar-refractivity contribution in [1.29, 1.82) is 0 Å². The van der Waals surface area contributed by atoms with Crippen LogP contribution >= 0.6 is 11.6 Å². The van der Waals surface area contributed by atoms with E-state index in [2.05, 4.69) is 20.2 Å². The standard InChI is InChI=1S/C22H26ClN7O5S/c1-24-36(34,35)29-9-7-22(14-31,8-10-29)26-20(32)18-11-19(15-3-5-16(23)6-4-15)27-30(21(18)33)17-12-25-28(2)13-17/h3-6,11-13,24,31H,7-10,14H2,1-2H3,(H,26,32). The van der Waals surface area contributed by atoms with Crippen LogP contribution in [0.1, 0.15) is 23.2 Å². The number of piperidine rings is 1. The highest BCUT2D eigenvalue weighted by Gasteiger charge is 2.39. The third-order valence-electron chi connectivity index (χ3n) is 6.19. The number of nitrogens with zero attached hydrogens (tertiary/aromatic N) is 5. The molecule has 1 aromatic carbocycles. The number of aryl methyl sites for hydroxylation is 1. The second-order valence-corrected chi connectivity index (χ2v) is 10.9. The number of benzene rings is 1. The van der Waals surface area contributed by atoms with Crippen molar-refractivity contribution in [3.05, 3.63) is 63.7 Å². The lowest BCUT2D eigenvalue weighted by Gasteiger charge is -2.40. The highest BCUT2D eigenvalue weighted by Crippen LogP contribution is 2.25. The molecule has 3 aromatic rings. The summed E-state index contributed by atoms with van der Waals surface area (Å²) in [6, 6.07) is 8.17. The van der Waals surface area contributed by atoms with Gasteiger partial charge >= 0.3 is 0 Å². The fourth-order valence-electron chi connectivity index (χ4n) is 4.03. The number of hydrogen-bond acceptors (Lipinski definition) is 7. The Bertz CT molecular complexity index is 1430. The van der Waals surface area contributed by atoms with E-state index in [1.807, 2.05) is 0 Å². The Morgan fingerprint density at radius 2 is 1.89 bits per heavy atom. The van der Waals surface area contributed by atoms with Gasteiger partial charge in [0.25, 0.3) is 21.7 Å². The summed E-state index contributed by atoms with van der Waals surface area (Å²) in [5.41, 5.74) is -0.582. The van der Waals surface area contributed by atoms with Crippen LogP contribution in [0.4, 0.5) is 0 Å². The van der Waals surface area contributed by atoms with Crippen molar-refractivity contribution in [3.63, 3.8) is 0 Å². The van der Waals surface area contributed by atoms with Gasteiger partial charge in [0, 0.05) is 37.8 Å². The van der Waals surface area contributed by atoms with Gasteiger partial charge in [-0.3, -0.25) is 14.3 Å². The topological polar surface area (TPSA) is 151 Å². The molecule has 1 aliphatic heterocycles. The quantitative estimate of drug-likeness (QED) is 0.393. The zero-order valence-corrected chi connectivity index (χ0v) is 21.3. The van der Waals surface area contributed by atoms with Crippen molar-refractivity contribution >= 4 is 27.7 Å². The molecule has 0 bridgehead atoms. The van der Waals surface area contributed by atoms with Gasteiger partial charge in [0.2, 0.25) is 0 Å². The molecule has 1 fully saturated rings. The van der Waals surface area contributed by atoms with E-state index in [-0.39, 0.29) is 31.5 Å². The second-order valence-electron chi connectivity index (χ2n) is 8.54. The first-order chi connectivity index (χ1) is 17.1. The number of carbonyl (C=O) groups is 1. The van der Waals surface area contributed by atoms with E-state index < -0.39 is 33.8 Å². The van der Waals surface area contributed by atoms with E-state index in [1.54, 1.807) is 37.5 Å². The molecule has 0 saturated carbocycles. The first-order valence-electron chi connectivity index (χ1n) is 11.1. The van der Waals surface area contributed by atoms with Gasteiger partial charge in [0.1, 0.15) is 11.3 Å². The minimum Gasteiger partial charge on any atom is -0.394 e. The number of aliphatic hydroxyl groups is 1. The summed E-state index contributed by atoms with van der Waals surface area (Å²) < 4.78 is 30.3. The van der Waals surface area contributed by atoms with E-state index in [9.17, 15) is 23.1 Å². The summed E-state index contributed by atoms with van der Waals surface area (Å²) in [5.74, 6) is -0.700. The Labute approximate surface area is 212 Å². The number of halogens is 1. The maximum atomic E-state index is 13.4. The van der Waals surface area contributed by atoms with Crippen LogP contribution in [0.5, 0.6) is 0 Å². The van der Waals surface area contributed by atoms with Crippen molar-refractivity contribution in [3.8, 4) is 16.9 Å². The number of carbonyl (C=O) groups excluding carboxylic acids is 1. The molecule has 0 radical (unpaired) electrons. The zero-order chi connectivity index (χ0) is 26.1. The first-order valence-corrected chi connectivity index (χ1v) is 12.9. The summed E-state index contributed by atoms with van der Waals surface area (Å²) in [6.07, 6.45) is 3.38. The summed E-state index contributed by atoms with van der Waals surface area (Å²) in [4.78, 5) is 26.7. The predicted molar refractivity (Wildman–Crippen MR) is 133 cm³/mol. The van der Waals surface area contributed by atoms with Crippen LogP contribution in [0.15, 0.2) is 47.5 Å². The molecule has 4 rings (SSSR count). The smallest absolute Gasteiger partial charge is 0.284 e. The van der Waals surface area contributed by atoms with Crippen LogP contribution in [0, 0.1) is 0 Å². The summed E-state index contributed by atoms with van der Waals surface area (Å²) >= 11 is 6.00. The third kappa shape index (κ3) is 5.20. The van der Waals surface area contributed by atoms with Crippen LogP contribution in [0.3, 0.4) is 0 Å². The summed E-state index contributed by atoms with van der Waals surface area (Å²) in [5, 5.41) is 21.9. The molecule has 14 heteroatoms. The van der Waals surface area contributed by atoms with Gasteiger partial charge < -0.3 is 10.4 Å². The number of hydrogen-bond donors (Lipinski definition) is 3. The molecule has 1 saturated heterocycles. The van der Waals surface area contributed by atoms with Crippen LogP contribution < -0.4 is 15.6 Å². The van der Waals surface area contributed by atoms with Gasteiger partial charge in [-0.15, -0.1) is 0 Å². The lowest BCUT2D eigenvalue weighted by atomic mass is 9.89. The van der Waals surface area contributed by atoms with Gasteiger partial charge in [-0.2, -0.15) is 27.6 Å². The molecular weight excluding hydrogens is 510 g/mol. The Kier molecular flexibility index (Phi) is 7.29. The number of amides is 1. The van der Waals surface area contributed by atoms with E-state index in [1.165, 1.54) is 28.3 Å². The maximum Gasteiger partial charge on any atom is 0.284 e. The van der Waals surface area contributed by atoms with Gasteiger partial charge in [0.15, 0.2) is 0 Å². The Hall–Kier alpha value is -3.10. The van der Waals surface area contributed by atoms with E-state index in [0.29, 0.717) is 22.0 Å². The van der Waals surface area contributed by atoms with Crippen molar-refractivity contribution < 1.29 is 18.3 Å². The first kappa shape index (κ1) is 26.0. The highest BCUT2D eigenvalue weighted by atomic mass is 35.5. The molecular formula is C22H26ClN7O5S. The molecule has 0 atom stereocenters. The van der Waals surface area contributed by atoms with Gasteiger partial charge in [0.05, 0.1) is 30.2 Å². The Morgan fingerprint density at radius 1 is 1.22 bits per heavy atom. The van der Waals surface area contributed by atoms with Crippen LogP contribution in [-0.2, 0) is 17.3 Å². The second kappa shape index (κ2) is 10.1. The number of aromatic nitrogens is 4. The highest BCUT2D eigenvalue weighted by molar-refractivity contribution is 7.87. The molecule has 0 aliphatic carbocycles. The largest absolute Gasteiger partial charge is 0.394 e. The van der Waals surface area contributed by atoms with Gasteiger partial charge in [-0.05, 0) is 31.0 Å². The van der Waals surface area contributed by atoms with Gasteiger partial charge in [-0.1, -0.05) is 23.7 Å². The van der Waals surface area contributed by atoms with Crippen molar-refractivity contribution in [2.24, 2.45) is 7.05 Å². The minimum atomic E-state index is -3.63. The molecule has 1 amide bonds. The maximum absolute atomic E-state index is 13.4. The van der Waals surface area contributed by atoms with E-state index in [0.717, 1.165) is 4.68 Å². The molecule has 0 spiro atoms. The third-order valence-corrected chi connectivity index (χ3v) is 8.00. The monoisotopic (exact) mass is 535 g/mol.